The second kappa shape index (κ2) is 8.62. The number of morpholine rings is 1. The molecule has 0 spiro atoms. The zero-order chi connectivity index (χ0) is 16.8. The van der Waals surface area contributed by atoms with E-state index < -0.39 is 0 Å². The van der Waals surface area contributed by atoms with Gasteiger partial charge in [0, 0.05) is 41.0 Å². The molecule has 1 aliphatic rings. The SMILES string of the molecule is O=C(Cc1ccc(-c2ccc(Cl)cc2)s1)NCCN1CCOCC1. The summed E-state index contributed by atoms with van der Waals surface area (Å²) in [6.07, 6.45) is 0.432. The van der Waals surface area contributed by atoms with Crippen LogP contribution in [0.4, 0.5) is 0 Å². The van der Waals surface area contributed by atoms with E-state index in [1.807, 2.05) is 30.3 Å². The molecule has 0 saturated carbocycles. The minimum Gasteiger partial charge on any atom is -0.379 e. The van der Waals surface area contributed by atoms with E-state index in [0.29, 0.717) is 13.0 Å². The Labute approximate surface area is 151 Å². The zero-order valence-electron chi connectivity index (χ0n) is 13.5. The lowest BCUT2D eigenvalue weighted by Gasteiger charge is -2.26. The first-order chi connectivity index (χ1) is 11.7. The number of carbonyl (C=O) groups is 1. The summed E-state index contributed by atoms with van der Waals surface area (Å²) in [7, 11) is 0. The van der Waals surface area contributed by atoms with Crippen molar-refractivity contribution in [1.29, 1.82) is 0 Å². The number of rotatable bonds is 6. The summed E-state index contributed by atoms with van der Waals surface area (Å²) in [5, 5.41) is 3.73. The zero-order valence-corrected chi connectivity index (χ0v) is 15.0. The average molecular weight is 365 g/mol. The van der Waals surface area contributed by atoms with Gasteiger partial charge in [0.25, 0.3) is 0 Å². The summed E-state index contributed by atoms with van der Waals surface area (Å²) in [4.78, 5) is 16.6. The summed E-state index contributed by atoms with van der Waals surface area (Å²) < 4.78 is 5.32. The second-order valence-electron chi connectivity index (χ2n) is 5.75. The summed E-state index contributed by atoms with van der Waals surface area (Å²) in [5.41, 5.74) is 1.13. The van der Waals surface area contributed by atoms with Gasteiger partial charge in [0.1, 0.15) is 0 Å². The molecular formula is C18H21ClN2O2S. The van der Waals surface area contributed by atoms with Crippen LogP contribution in [0.25, 0.3) is 10.4 Å². The number of halogens is 1. The predicted molar refractivity (Wildman–Crippen MR) is 98.7 cm³/mol. The largest absolute Gasteiger partial charge is 0.379 e. The maximum absolute atomic E-state index is 12.1. The van der Waals surface area contributed by atoms with Gasteiger partial charge in [0.05, 0.1) is 19.6 Å². The fraction of sp³-hybridized carbons (Fsp3) is 0.389. The number of hydrogen-bond donors (Lipinski definition) is 1. The number of benzene rings is 1. The molecule has 6 heteroatoms. The lowest BCUT2D eigenvalue weighted by molar-refractivity contribution is -0.120. The van der Waals surface area contributed by atoms with Crippen LogP contribution in [0.5, 0.6) is 0 Å². The van der Waals surface area contributed by atoms with Gasteiger partial charge >= 0.3 is 0 Å². The Morgan fingerprint density at radius 1 is 1.17 bits per heavy atom. The minimum atomic E-state index is 0.0766. The van der Waals surface area contributed by atoms with E-state index in [1.54, 1.807) is 11.3 Å². The van der Waals surface area contributed by atoms with Gasteiger partial charge in [-0.15, -0.1) is 11.3 Å². The quantitative estimate of drug-likeness (QED) is 0.856. The Kier molecular flexibility index (Phi) is 6.26. The molecule has 3 rings (SSSR count). The molecule has 1 aliphatic heterocycles. The van der Waals surface area contributed by atoms with Crippen LogP contribution in [0.2, 0.25) is 5.02 Å². The van der Waals surface area contributed by atoms with Crippen molar-refractivity contribution in [3.8, 4) is 10.4 Å². The van der Waals surface area contributed by atoms with Crippen molar-refractivity contribution < 1.29 is 9.53 Å². The number of nitrogens with one attached hydrogen (secondary N) is 1. The molecule has 1 fully saturated rings. The Morgan fingerprint density at radius 2 is 1.92 bits per heavy atom. The number of hydrogen-bond acceptors (Lipinski definition) is 4. The summed E-state index contributed by atoms with van der Waals surface area (Å²) >= 11 is 7.57. The highest BCUT2D eigenvalue weighted by Crippen LogP contribution is 2.29. The van der Waals surface area contributed by atoms with E-state index in [2.05, 4.69) is 16.3 Å². The molecule has 1 aromatic heterocycles. The molecule has 0 aliphatic carbocycles. The smallest absolute Gasteiger partial charge is 0.225 e. The van der Waals surface area contributed by atoms with E-state index in [9.17, 15) is 4.79 Å². The lowest BCUT2D eigenvalue weighted by Crippen LogP contribution is -2.41. The first-order valence-electron chi connectivity index (χ1n) is 8.12. The number of carbonyl (C=O) groups excluding carboxylic acids is 1. The van der Waals surface area contributed by atoms with Gasteiger partial charge < -0.3 is 10.1 Å². The number of ether oxygens (including phenoxy) is 1. The third-order valence-corrected chi connectivity index (χ3v) is 5.37. The molecule has 1 N–H and O–H groups in total. The highest BCUT2D eigenvalue weighted by molar-refractivity contribution is 7.15. The Balaban J connectivity index is 1.45. The van der Waals surface area contributed by atoms with E-state index >= 15 is 0 Å². The van der Waals surface area contributed by atoms with Gasteiger partial charge in [-0.3, -0.25) is 9.69 Å². The van der Waals surface area contributed by atoms with Crippen molar-refractivity contribution >= 4 is 28.8 Å². The average Bonchev–Trinajstić information content (AvgIpc) is 3.05. The number of amides is 1. The third kappa shape index (κ3) is 5.05. The van der Waals surface area contributed by atoms with Gasteiger partial charge in [-0.25, -0.2) is 0 Å². The van der Waals surface area contributed by atoms with Crippen molar-refractivity contribution in [3.05, 3.63) is 46.3 Å². The topological polar surface area (TPSA) is 41.6 Å². The first-order valence-corrected chi connectivity index (χ1v) is 9.31. The molecule has 2 aromatic rings. The van der Waals surface area contributed by atoms with Crippen molar-refractivity contribution in [2.75, 3.05) is 39.4 Å². The van der Waals surface area contributed by atoms with Crippen molar-refractivity contribution in [1.82, 2.24) is 10.2 Å². The van der Waals surface area contributed by atoms with Gasteiger partial charge in [-0.1, -0.05) is 23.7 Å². The molecule has 1 aromatic carbocycles. The van der Waals surface area contributed by atoms with Crippen molar-refractivity contribution in [3.63, 3.8) is 0 Å². The van der Waals surface area contributed by atoms with E-state index in [-0.39, 0.29) is 5.91 Å². The van der Waals surface area contributed by atoms with Crippen LogP contribution < -0.4 is 5.32 Å². The third-order valence-electron chi connectivity index (χ3n) is 3.98. The second-order valence-corrected chi connectivity index (χ2v) is 7.36. The van der Waals surface area contributed by atoms with Crippen LogP contribution in [-0.4, -0.2) is 50.2 Å². The van der Waals surface area contributed by atoms with Gasteiger partial charge in [-0.05, 0) is 29.8 Å². The van der Waals surface area contributed by atoms with Crippen LogP contribution in [0.15, 0.2) is 36.4 Å². The van der Waals surface area contributed by atoms with E-state index in [4.69, 9.17) is 16.3 Å². The molecule has 0 radical (unpaired) electrons. The molecular weight excluding hydrogens is 344 g/mol. The molecule has 1 saturated heterocycles. The highest BCUT2D eigenvalue weighted by atomic mass is 35.5. The van der Waals surface area contributed by atoms with Crippen molar-refractivity contribution in [2.24, 2.45) is 0 Å². The standard InChI is InChI=1S/C18H21ClN2O2S/c19-15-3-1-14(2-4-15)17-6-5-16(24-17)13-18(22)20-7-8-21-9-11-23-12-10-21/h1-6H,7-13H2,(H,20,22). The van der Waals surface area contributed by atoms with Crippen LogP contribution in [0.3, 0.4) is 0 Å². The summed E-state index contributed by atoms with van der Waals surface area (Å²) in [5.74, 6) is 0.0766. The van der Waals surface area contributed by atoms with E-state index in [1.165, 1.54) is 0 Å². The van der Waals surface area contributed by atoms with Crippen LogP contribution >= 0.6 is 22.9 Å². The normalized spacial score (nSPS) is 15.4. The van der Waals surface area contributed by atoms with Crippen molar-refractivity contribution in [2.45, 2.75) is 6.42 Å². The number of nitrogens with zero attached hydrogens (tertiary/aromatic N) is 1. The molecule has 2 heterocycles. The maximum Gasteiger partial charge on any atom is 0.225 e. The van der Waals surface area contributed by atoms with Gasteiger partial charge in [-0.2, -0.15) is 0 Å². The minimum absolute atomic E-state index is 0.0766. The highest BCUT2D eigenvalue weighted by Gasteiger charge is 2.11. The molecule has 4 nitrogen and oxygen atoms in total. The fourth-order valence-corrected chi connectivity index (χ4v) is 3.78. The Morgan fingerprint density at radius 3 is 2.67 bits per heavy atom. The van der Waals surface area contributed by atoms with E-state index in [0.717, 1.165) is 53.2 Å². The molecule has 0 bridgehead atoms. The van der Waals surface area contributed by atoms with Crippen LogP contribution in [0.1, 0.15) is 4.88 Å². The molecule has 1 amide bonds. The molecule has 0 unspecified atom stereocenters. The monoisotopic (exact) mass is 364 g/mol. The molecule has 128 valence electrons. The van der Waals surface area contributed by atoms with Crippen LogP contribution in [0, 0.1) is 0 Å². The Bertz CT molecular complexity index is 666. The predicted octanol–water partition coefficient (Wildman–Crippen LogP) is 3.06. The lowest BCUT2D eigenvalue weighted by atomic mass is 10.2. The fourth-order valence-electron chi connectivity index (χ4n) is 2.64. The van der Waals surface area contributed by atoms with Crippen LogP contribution in [-0.2, 0) is 16.0 Å². The Hall–Kier alpha value is -1.40. The maximum atomic E-state index is 12.1. The van der Waals surface area contributed by atoms with Gasteiger partial charge in [0.15, 0.2) is 0 Å². The molecule has 24 heavy (non-hydrogen) atoms. The summed E-state index contributed by atoms with van der Waals surface area (Å²) in [6, 6.07) is 11.9. The first kappa shape index (κ1) is 17.4. The summed E-state index contributed by atoms with van der Waals surface area (Å²) in [6.45, 7) is 5.05. The number of thiophene rings is 1. The molecule has 0 atom stereocenters. The van der Waals surface area contributed by atoms with Gasteiger partial charge in [0.2, 0.25) is 5.91 Å².